The number of aliphatic hydroxyl groups is 1. The van der Waals surface area contributed by atoms with Gasteiger partial charge in [0.15, 0.2) is 0 Å². The minimum Gasteiger partial charge on any atom is -0.481 e. The molecular formula is C29H46O4. The Kier molecular flexibility index (Phi) is 5.11. The van der Waals surface area contributed by atoms with Crippen molar-refractivity contribution in [3.8, 4) is 0 Å². The molecule has 33 heavy (non-hydrogen) atoms. The fraction of sp³-hybridized carbons (Fsp3) is 0.931. The zero-order valence-electron chi connectivity index (χ0n) is 21.7. The summed E-state index contributed by atoms with van der Waals surface area (Å²) in [5, 5.41) is 21.3. The predicted molar refractivity (Wildman–Crippen MR) is 128 cm³/mol. The molecule has 0 unspecified atom stereocenters. The van der Waals surface area contributed by atoms with Crippen LogP contribution in [0, 0.1) is 56.7 Å². The molecular weight excluding hydrogens is 412 g/mol. The van der Waals surface area contributed by atoms with Gasteiger partial charge in [-0.3, -0.25) is 9.59 Å². The first-order valence-corrected chi connectivity index (χ1v) is 13.7. The topological polar surface area (TPSA) is 74.6 Å². The number of fused-ring (bicyclic) bond motifs is 7. The van der Waals surface area contributed by atoms with Gasteiger partial charge in [-0.2, -0.15) is 0 Å². The Morgan fingerprint density at radius 3 is 2.09 bits per heavy atom. The highest BCUT2D eigenvalue weighted by Gasteiger charge is 2.72. The Balaban J connectivity index is 1.57. The Bertz CT molecular complexity index is 864. The van der Waals surface area contributed by atoms with Crippen LogP contribution in [0.3, 0.4) is 0 Å². The van der Waals surface area contributed by atoms with E-state index >= 15 is 0 Å². The van der Waals surface area contributed by atoms with Crippen molar-refractivity contribution < 1.29 is 19.8 Å². The third kappa shape index (κ3) is 2.74. The Morgan fingerprint density at radius 1 is 0.758 bits per heavy atom. The van der Waals surface area contributed by atoms with E-state index < -0.39 is 11.4 Å². The van der Waals surface area contributed by atoms with E-state index in [2.05, 4.69) is 34.6 Å². The van der Waals surface area contributed by atoms with Crippen LogP contribution < -0.4 is 0 Å². The highest BCUT2D eigenvalue weighted by Crippen LogP contribution is 2.77. The van der Waals surface area contributed by atoms with Crippen molar-refractivity contribution in [3.63, 3.8) is 0 Å². The standard InChI is InChI=1S/C29H46O4/c1-17(30)18-9-14-29(24(32)33)16-15-27(5)19(23(18)29)7-8-21-26(4)12-11-22(31)25(2,3)20(26)10-13-28(21,27)6/h18-23,31H,7-16H2,1-6H3,(H,32,33)/t18-,19+,20+,21+,22-,23-,26-,27+,28+,29-/m0/s1. The second-order valence-corrected chi connectivity index (χ2v) is 14.3. The van der Waals surface area contributed by atoms with E-state index in [1.54, 1.807) is 6.92 Å². The van der Waals surface area contributed by atoms with Crippen LogP contribution in [0.4, 0.5) is 0 Å². The van der Waals surface area contributed by atoms with E-state index in [1.165, 1.54) is 6.42 Å². The quantitative estimate of drug-likeness (QED) is 0.524. The molecule has 5 aliphatic carbocycles. The Hall–Kier alpha value is -0.900. The monoisotopic (exact) mass is 458 g/mol. The molecule has 0 aliphatic heterocycles. The summed E-state index contributed by atoms with van der Waals surface area (Å²) in [6.45, 7) is 13.8. The summed E-state index contributed by atoms with van der Waals surface area (Å²) < 4.78 is 0. The lowest BCUT2D eigenvalue weighted by atomic mass is 9.32. The number of carbonyl (C=O) groups excluding carboxylic acids is 1. The third-order valence-corrected chi connectivity index (χ3v) is 13.4. The second kappa shape index (κ2) is 7.08. The molecule has 0 aromatic carbocycles. The number of carboxylic acids is 1. The van der Waals surface area contributed by atoms with E-state index in [-0.39, 0.29) is 45.4 Å². The van der Waals surface area contributed by atoms with Gasteiger partial charge in [-0.05, 0) is 116 Å². The summed E-state index contributed by atoms with van der Waals surface area (Å²) in [7, 11) is 0. The second-order valence-electron chi connectivity index (χ2n) is 14.3. The first kappa shape index (κ1) is 23.8. The maximum atomic E-state index is 12.7. The zero-order valence-corrected chi connectivity index (χ0v) is 21.7. The van der Waals surface area contributed by atoms with Crippen LogP contribution in [-0.2, 0) is 9.59 Å². The molecule has 0 saturated heterocycles. The minimum absolute atomic E-state index is 0.000765. The SMILES string of the molecule is CC(=O)[C@@H]1CC[C@]2(C(=O)O)CC[C@]3(C)[C@H](CC[C@@H]4[C@@]5(C)CC[C@H](O)C(C)(C)[C@H]5CC[C@]43C)[C@H]12. The van der Waals surface area contributed by atoms with Gasteiger partial charge in [0.1, 0.15) is 5.78 Å². The van der Waals surface area contributed by atoms with Gasteiger partial charge in [-0.15, -0.1) is 0 Å². The Labute approximate surface area is 200 Å². The number of aliphatic hydroxyl groups excluding tert-OH is 1. The summed E-state index contributed by atoms with van der Waals surface area (Å²) in [5.74, 6) is 0.932. The van der Waals surface area contributed by atoms with E-state index in [9.17, 15) is 19.8 Å². The smallest absolute Gasteiger partial charge is 0.309 e. The molecule has 0 amide bonds. The maximum absolute atomic E-state index is 12.7. The highest BCUT2D eigenvalue weighted by atomic mass is 16.4. The summed E-state index contributed by atoms with van der Waals surface area (Å²) in [4.78, 5) is 25.4. The molecule has 0 spiro atoms. The minimum atomic E-state index is -0.693. The van der Waals surface area contributed by atoms with Crippen molar-refractivity contribution in [1.29, 1.82) is 0 Å². The average molecular weight is 459 g/mol. The molecule has 0 bridgehead atoms. The van der Waals surface area contributed by atoms with Crippen LogP contribution in [0.25, 0.3) is 0 Å². The molecule has 5 aliphatic rings. The van der Waals surface area contributed by atoms with Gasteiger partial charge < -0.3 is 10.2 Å². The van der Waals surface area contributed by atoms with Gasteiger partial charge in [-0.1, -0.05) is 34.6 Å². The molecule has 0 aromatic heterocycles. The first-order chi connectivity index (χ1) is 15.3. The number of aliphatic carboxylic acids is 1. The summed E-state index contributed by atoms with van der Waals surface area (Å²) in [6, 6.07) is 0. The fourth-order valence-corrected chi connectivity index (χ4v) is 11.4. The molecule has 0 radical (unpaired) electrons. The number of ketones is 1. The number of Topliss-reactive ketones (excluding diaryl/α,β-unsaturated/α-hetero) is 1. The van der Waals surface area contributed by atoms with E-state index in [0.717, 1.165) is 51.4 Å². The number of rotatable bonds is 2. The molecule has 186 valence electrons. The van der Waals surface area contributed by atoms with Gasteiger partial charge in [-0.25, -0.2) is 0 Å². The summed E-state index contributed by atoms with van der Waals surface area (Å²) >= 11 is 0. The van der Waals surface area contributed by atoms with Gasteiger partial charge >= 0.3 is 5.97 Å². The van der Waals surface area contributed by atoms with Crippen molar-refractivity contribution >= 4 is 11.8 Å². The summed E-state index contributed by atoms with van der Waals surface area (Å²) in [6.07, 6.45) is 9.44. The van der Waals surface area contributed by atoms with E-state index in [1.807, 2.05) is 0 Å². The number of hydrogen-bond acceptors (Lipinski definition) is 3. The van der Waals surface area contributed by atoms with Crippen molar-refractivity contribution in [2.45, 2.75) is 112 Å². The molecule has 5 fully saturated rings. The molecule has 5 rings (SSSR count). The van der Waals surface area contributed by atoms with Crippen LogP contribution >= 0.6 is 0 Å². The molecule has 4 heteroatoms. The van der Waals surface area contributed by atoms with Crippen molar-refractivity contribution in [2.75, 3.05) is 0 Å². The zero-order chi connectivity index (χ0) is 24.2. The first-order valence-electron chi connectivity index (χ1n) is 13.7. The molecule has 0 aromatic rings. The molecule has 2 N–H and O–H groups in total. The fourth-order valence-electron chi connectivity index (χ4n) is 11.4. The van der Waals surface area contributed by atoms with Crippen LogP contribution in [0.15, 0.2) is 0 Å². The van der Waals surface area contributed by atoms with Crippen molar-refractivity contribution in [1.82, 2.24) is 0 Å². The lowest BCUT2D eigenvalue weighted by Crippen LogP contribution is -2.67. The normalized spacial score (nSPS) is 55.0. The third-order valence-electron chi connectivity index (χ3n) is 13.4. The maximum Gasteiger partial charge on any atom is 0.309 e. The van der Waals surface area contributed by atoms with Crippen LogP contribution in [0.5, 0.6) is 0 Å². The summed E-state index contributed by atoms with van der Waals surface area (Å²) in [5.41, 5.74) is -0.287. The highest BCUT2D eigenvalue weighted by molar-refractivity contribution is 5.83. The molecule has 5 saturated carbocycles. The van der Waals surface area contributed by atoms with Gasteiger partial charge in [0.05, 0.1) is 11.5 Å². The number of carbonyl (C=O) groups is 2. The lowest BCUT2D eigenvalue weighted by Gasteiger charge is -2.72. The van der Waals surface area contributed by atoms with Crippen molar-refractivity contribution in [2.24, 2.45) is 56.7 Å². The van der Waals surface area contributed by atoms with Crippen LogP contribution in [-0.4, -0.2) is 28.1 Å². The van der Waals surface area contributed by atoms with Crippen LogP contribution in [0.2, 0.25) is 0 Å². The van der Waals surface area contributed by atoms with E-state index in [0.29, 0.717) is 24.2 Å². The molecule has 4 nitrogen and oxygen atoms in total. The van der Waals surface area contributed by atoms with Crippen molar-refractivity contribution in [3.05, 3.63) is 0 Å². The largest absolute Gasteiger partial charge is 0.481 e. The van der Waals surface area contributed by atoms with Crippen LogP contribution in [0.1, 0.15) is 106 Å². The van der Waals surface area contributed by atoms with Gasteiger partial charge in [0, 0.05) is 5.92 Å². The van der Waals surface area contributed by atoms with Gasteiger partial charge in [0.2, 0.25) is 0 Å². The average Bonchev–Trinajstić information content (AvgIpc) is 3.13. The number of carboxylic acid groups (broad SMARTS) is 1. The van der Waals surface area contributed by atoms with E-state index in [4.69, 9.17) is 0 Å². The van der Waals surface area contributed by atoms with Gasteiger partial charge in [0.25, 0.3) is 0 Å². The lowest BCUT2D eigenvalue weighted by molar-refractivity contribution is -0.248. The molecule has 10 atom stereocenters. The number of hydrogen-bond donors (Lipinski definition) is 2. The predicted octanol–water partition coefficient (Wildman–Crippen LogP) is 6.10. The molecule has 0 heterocycles. The Morgan fingerprint density at radius 2 is 1.45 bits per heavy atom.